The Morgan fingerprint density at radius 3 is 2.10 bits per heavy atom. The molecule has 2 rings (SSSR count). The number of carbonyl (C=O) groups is 1. The Hall–Kier alpha value is -0.780. The predicted octanol–water partition coefficient (Wildman–Crippen LogP) is 2.69. The van der Waals surface area contributed by atoms with Gasteiger partial charge in [0.1, 0.15) is 0 Å². The van der Waals surface area contributed by atoms with Crippen LogP contribution >= 0.6 is 0 Å². The molecule has 1 aliphatic heterocycles. The highest BCUT2D eigenvalue weighted by Gasteiger charge is 2.41. The second-order valence-electron chi connectivity index (χ2n) is 6.18. The van der Waals surface area contributed by atoms with Crippen LogP contribution in [0.4, 0.5) is 13.2 Å². The summed E-state index contributed by atoms with van der Waals surface area (Å²) in [5, 5.41) is 0. The fourth-order valence-corrected chi connectivity index (χ4v) is 3.22. The number of halogens is 3. The molecule has 6 heteroatoms. The molecule has 0 aromatic heterocycles. The van der Waals surface area contributed by atoms with Gasteiger partial charge in [-0.1, -0.05) is 0 Å². The Bertz CT molecular complexity index is 330. The molecule has 0 atom stereocenters. The van der Waals surface area contributed by atoms with E-state index in [9.17, 15) is 18.0 Å². The molecular formula is C14H23F3N2O. The number of piperidine rings is 1. The van der Waals surface area contributed by atoms with Crippen LogP contribution in [0, 0.1) is 11.8 Å². The first kappa shape index (κ1) is 15.6. The van der Waals surface area contributed by atoms with Crippen LogP contribution in [-0.4, -0.2) is 36.1 Å². The average Bonchev–Trinajstić information content (AvgIpc) is 2.40. The van der Waals surface area contributed by atoms with Crippen molar-refractivity contribution in [2.45, 2.75) is 57.2 Å². The summed E-state index contributed by atoms with van der Waals surface area (Å²) >= 11 is 0. The first-order valence-electron chi connectivity index (χ1n) is 7.46. The van der Waals surface area contributed by atoms with Crippen LogP contribution < -0.4 is 5.73 Å². The Morgan fingerprint density at radius 2 is 1.60 bits per heavy atom. The molecule has 0 spiro atoms. The number of carbonyl (C=O) groups excluding carboxylic acids is 1. The highest BCUT2D eigenvalue weighted by Crippen LogP contribution is 2.34. The maximum Gasteiger partial charge on any atom is 0.391 e. The number of alkyl halides is 3. The van der Waals surface area contributed by atoms with Crippen molar-refractivity contribution in [2.24, 2.45) is 17.6 Å². The number of hydrogen-bond donors (Lipinski definition) is 1. The molecule has 1 saturated carbocycles. The second-order valence-corrected chi connectivity index (χ2v) is 6.18. The number of rotatable bonds is 2. The molecule has 1 saturated heterocycles. The molecule has 1 aliphatic carbocycles. The highest BCUT2D eigenvalue weighted by molar-refractivity contribution is 5.76. The molecule has 0 bridgehead atoms. The minimum Gasteiger partial charge on any atom is -0.343 e. The minimum absolute atomic E-state index is 0.0195. The number of amides is 1. The first-order valence-corrected chi connectivity index (χ1v) is 7.46. The number of nitrogens with two attached hydrogens (primary N) is 1. The monoisotopic (exact) mass is 292 g/mol. The van der Waals surface area contributed by atoms with Crippen molar-refractivity contribution in [3.8, 4) is 0 Å². The molecule has 2 N–H and O–H groups in total. The Balaban J connectivity index is 1.75. The van der Waals surface area contributed by atoms with Gasteiger partial charge in [0, 0.05) is 25.6 Å². The van der Waals surface area contributed by atoms with Crippen LogP contribution in [0.5, 0.6) is 0 Å². The molecule has 3 nitrogen and oxygen atoms in total. The maximum atomic E-state index is 12.6. The van der Waals surface area contributed by atoms with Crippen molar-refractivity contribution in [2.75, 3.05) is 13.1 Å². The molecule has 0 radical (unpaired) electrons. The van der Waals surface area contributed by atoms with E-state index < -0.39 is 12.1 Å². The van der Waals surface area contributed by atoms with E-state index in [1.807, 2.05) is 0 Å². The van der Waals surface area contributed by atoms with Gasteiger partial charge >= 0.3 is 6.18 Å². The average molecular weight is 292 g/mol. The van der Waals surface area contributed by atoms with Gasteiger partial charge in [0.25, 0.3) is 0 Å². The van der Waals surface area contributed by atoms with E-state index in [0.717, 1.165) is 25.7 Å². The zero-order chi connectivity index (χ0) is 14.8. The molecular weight excluding hydrogens is 269 g/mol. The van der Waals surface area contributed by atoms with Gasteiger partial charge in [-0.2, -0.15) is 13.2 Å². The minimum atomic E-state index is -4.12. The number of hydrogen-bond acceptors (Lipinski definition) is 2. The van der Waals surface area contributed by atoms with Crippen molar-refractivity contribution >= 4 is 5.91 Å². The van der Waals surface area contributed by atoms with Gasteiger partial charge in [-0.25, -0.2) is 0 Å². The second kappa shape index (κ2) is 6.33. The first-order chi connectivity index (χ1) is 9.36. The summed E-state index contributed by atoms with van der Waals surface area (Å²) in [6.07, 6.45) is 0.285. The normalized spacial score (nSPS) is 29.5. The van der Waals surface area contributed by atoms with Gasteiger partial charge in [0.05, 0.1) is 5.92 Å². The Morgan fingerprint density at radius 1 is 1.05 bits per heavy atom. The van der Waals surface area contributed by atoms with Crippen LogP contribution in [-0.2, 0) is 4.79 Å². The third kappa shape index (κ3) is 4.11. The van der Waals surface area contributed by atoms with Gasteiger partial charge in [-0.15, -0.1) is 0 Å². The van der Waals surface area contributed by atoms with E-state index in [2.05, 4.69) is 0 Å². The van der Waals surface area contributed by atoms with Gasteiger partial charge in [0.2, 0.25) is 5.91 Å². The molecule has 116 valence electrons. The molecule has 0 unspecified atom stereocenters. The van der Waals surface area contributed by atoms with Crippen molar-refractivity contribution in [3.63, 3.8) is 0 Å². The molecule has 20 heavy (non-hydrogen) atoms. The van der Waals surface area contributed by atoms with Crippen molar-refractivity contribution in [1.29, 1.82) is 0 Å². The summed E-state index contributed by atoms with van der Waals surface area (Å²) in [6, 6.07) is 0.254. The van der Waals surface area contributed by atoms with Gasteiger partial charge in [-0.05, 0) is 44.4 Å². The smallest absolute Gasteiger partial charge is 0.343 e. The lowest BCUT2D eigenvalue weighted by Gasteiger charge is -2.34. The van der Waals surface area contributed by atoms with Crippen LogP contribution in [0.3, 0.4) is 0 Å². The zero-order valence-corrected chi connectivity index (χ0v) is 11.7. The molecule has 0 aromatic carbocycles. The summed E-state index contributed by atoms with van der Waals surface area (Å²) < 4.78 is 37.7. The van der Waals surface area contributed by atoms with E-state index >= 15 is 0 Å². The summed E-state index contributed by atoms with van der Waals surface area (Å²) in [7, 11) is 0. The molecule has 2 fully saturated rings. The third-order valence-electron chi connectivity index (χ3n) is 4.67. The van der Waals surface area contributed by atoms with E-state index in [1.54, 1.807) is 4.90 Å². The van der Waals surface area contributed by atoms with Crippen molar-refractivity contribution in [3.05, 3.63) is 0 Å². The lowest BCUT2D eigenvalue weighted by atomic mass is 9.84. The molecule has 0 aromatic rings. The molecule has 2 aliphatic rings. The topological polar surface area (TPSA) is 46.3 Å². The summed E-state index contributed by atoms with van der Waals surface area (Å²) in [4.78, 5) is 13.7. The van der Waals surface area contributed by atoms with Gasteiger partial charge in [0.15, 0.2) is 0 Å². The van der Waals surface area contributed by atoms with Crippen molar-refractivity contribution < 1.29 is 18.0 Å². The van der Waals surface area contributed by atoms with Gasteiger partial charge < -0.3 is 10.6 Å². The predicted molar refractivity (Wildman–Crippen MR) is 69.9 cm³/mol. The summed E-state index contributed by atoms with van der Waals surface area (Å²) in [6.45, 7) is 0.491. The highest BCUT2D eigenvalue weighted by atomic mass is 19.4. The van der Waals surface area contributed by atoms with Crippen LogP contribution in [0.1, 0.15) is 44.9 Å². The van der Waals surface area contributed by atoms with Crippen LogP contribution in [0.2, 0.25) is 0 Å². The fourth-order valence-electron chi connectivity index (χ4n) is 3.22. The fraction of sp³-hybridized carbons (Fsp3) is 0.929. The SMILES string of the molecule is NC1CCC(CC(=O)N2CCC(C(F)(F)F)CC2)CC1. The standard InChI is InChI=1S/C14H23F3N2O/c15-14(16,17)11-5-7-19(8-6-11)13(20)9-10-1-3-12(18)4-2-10/h10-12H,1-9,18H2. The summed E-state index contributed by atoms with van der Waals surface area (Å²) in [5.41, 5.74) is 5.82. The third-order valence-corrected chi connectivity index (χ3v) is 4.67. The lowest BCUT2D eigenvalue weighted by molar-refractivity contribution is -0.186. The largest absolute Gasteiger partial charge is 0.391 e. The van der Waals surface area contributed by atoms with Crippen LogP contribution in [0.25, 0.3) is 0 Å². The maximum absolute atomic E-state index is 12.6. The van der Waals surface area contributed by atoms with Crippen molar-refractivity contribution in [1.82, 2.24) is 4.90 Å². The number of likely N-dealkylation sites (tertiary alicyclic amines) is 1. The van der Waals surface area contributed by atoms with Crippen LogP contribution in [0.15, 0.2) is 0 Å². The Kier molecular flexibility index (Phi) is 4.94. The number of nitrogens with zero attached hydrogens (tertiary/aromatic N) is 1. The van der Waals surface area contributed by atoms with E-state index in [4.69, 9.17) is 5.73 Å². The Labute approximate surface area is 117 Å². The summed E-state index contributed by atoms with van der Waals surface area (Å²) in [5.74, 6) is -0.854. The van der Waals surface area contributed by atoms with E-state index in [1.165, 1.54) is 0 Å². The van der Waals surface area contributed by atoms with Gasteiger partial charge in [-0.3, -0.25) is 4.79 Å². The van der Waals surface area contributed by atoms with E-state index in [-0.39, 0.29) is 37.9 Å². The zero-order valence-electron chi connectivity index (χ0n) is 11.7. The lowest BCUT2D eigenvalue weighted by Crippen LogP contribution is -2.42. The molecule has 1 heterocycles. The quantitative estimate of drug-likeness (QED) is 0.850. The van der Waals surface area contributed by atoms with E-state index in [0.29, 0.717) is 12.3 Å². The molecule has 1 amide bonds.